The van der Waals surface area contributed by atoms with E-state index in [1.54, 1.807) is 0 Å². The average molecular weight is 350 g/mol. The summed E-state index contributed by atoms with van der Waals surface area (Å²) in [6.45, 7) is 3.28. The SMILES string of the molecule is COC(=O)c1cc(S(=O)(=O)NCc2ccc3c(c2)CNC3)c(C)o1. The molecule has 2 heterocycles. The maximum atomic E-state index is 12.4. The molecule has 0 aliphatic carbocycles. The van der Waals surface area contributed by atoms with E-state index in [0.717, 1.165) is 18.7 Å². The third-order valence-corrected chi connectivity index (χ3v) is 5.42. The van der Waals surface area contributed by atoms with Crippen LogP contribution < -0.4 is 10.0 Å². The number of fused-ring (bicyclic) bond motifs is 1. The van der Waals surface area contributed by atoms with Crippen LogP contribution in [0.4, 0.5) is 0 Å². The van der Waals surface area contributed by atoms with Crippen molar-refractivity contribution in [2.24, 2.45) is 0 Å². The molecule has 1 aliphatic heterocycles. The van der Waals surface area contributed by atoms with Crippen LogP contribution in [0.3, 0.4) is 0 Å². The molecule has 1 aliphatic rings. The van der Waals surface area contributed by atoms with Crippen LogP contribution in [0.1, 0.15) is 33.0 Å². The molecule has 8 heteroatoms. The molecule has 0 fully saturated rings. The van der Waals surface area contributed by atoms with Crippen molar-refractivity contribution in [3.8, 4) is 0 Å². The first-order valence-corrected chi connectivity index (χ1v) is 8.89. The van der Waals surface area contributed by atoms with Crippen LogP contribution >= 0.6 is 0 Å². The van der Waals surface area contributed by atoms with Crippen LogP contribution in [0, 0.1) is 6.92 Å². The second kappa shape index (κ2) is 6.39. The van der Waals surface area contributed by atoms with Crippen molar-refractivity contribution in [3.05, 3.63) is 52.5 Å². The van der Waals surface area contributed by atoms with Crippen molar-refractivity contribution >= 4 is 16.0 Å². The van der Waals surface area contributed by atoms with E-state index < -0.39 is 16.0 Å². The lowest BCUT2D eigenvalue weighted by Crippen LogP contribution is -2.23. The average Bonchev–Trinajstić information content (AvgIpc) is 3.18. The van der Waals surface area contributed by atoms with Crippen molar-refractivity contribution in [2.75, 3.05) is 7.11 Å². The lowest BCUT2D eigenvalue weighted by Gasteiger charge is -2.07. The van der Waals surface area contributed by atoms with E-state index in [-0.39, 0.29) is 23.0 Å². The number of hydrogen-bond donors (Lipinski definition) is 2. The monoisotopic (exact) mass is 350 g/mol. The van der Waals surface area contributed by atoms with E-state index >= 15 is 0 Å². The van der Waals surface area contributed by atoms with Crippen LogP contribution in [-0.4, -0.2) is 21.5 Å². The van der Waals surface area contributed by atoms with Gasteiger partial charge < -0.3 is 14.5 Å². The van der Waals surface area contributed by atoms with Crippen molar-refractivity contribution in [3.63, 3.8) is 0 Å². The van der Waals surface area contributed by atoms with Gasteiger partial charge in [-0.3, -0.25) is 0 Å². The highest BCUT2D eigenvalue weighted by atomic mass is 32.2. The van der Waals surface area contributed by atoms with Gasteiger partial charge in [-0.05, 0) is 23.6 Å². The number of carbonyl (C=O) groups is 1. The molecule has 2 N–H and O–H groups in total. The smallest absolute Gasteiger partial charge is 0.373 e. The summed E-state index contributed by atoms with van der Waals surface area (Å²) in [7, 11) is -2.59. The van der Waals surface area contributed by atoms with Gasteiger partial charge in [0.1, 0.15) is 10.7 Å². The van der Waals surface area contributed by atoms with E-state index in [2.05, 4.69) is 14.8 Å². The molecule has 3 rings (SSSR count). The molecule has 0 saturated carbocycles. The van der Waals surface area contributed by atoms with Crippen LogP contribution in [0.25, 0.3) is 0 Å². The van der Waals surface area contributed by atoms with E-state index in [9.17, 15) is 13.2 Å². The largest absolute Gasteiger partial charge is 0.463 e. The van der Waals surface area contributed by atoms with Crippen LogP contribution in [0.5, 0.6) is 0 Å². The minimum Gasteiger partial charge on any atom is -0.463 e. The van der Waals surface area contributed by atoms with E-state index in [1.807, 2.05) is 18.2 Å². The van der Waals surface area contributed by atoms with Gasteiger partial charge in [0.25, 0.3) is 0 Å². The Balaban J connectivity index is 1.77. The molecular weight excluding hydrogens is 332 g/mol. The molecule has 0 saturated heterocycles. The summed E-state index contributed by atoms with van der Waals surface area (Å²) in [4.78, 5) is 11.4. The van der Waals surface area contributed by atoms with Gasteiger partial charge in [-0.2, -0.15) is 0 Å². The molecule has 7 nitrogen and oxygen atoms in total. The van der Waals surface area contributed by atoms with Crippen LogP contribution in [0.2, 0.25) is 0 Å². The first-order chi connectivity index (χ1) is 11.4. The van der Waals surface area contributed by atoms with Crippen LogP contribution in [-0.2, 0) is 34.4 Å². The number of nitrogens with one attached hydrogen (secondary N) is 2. The molecule has 1 aromatic heterocycles. The molecule has 0 amide bonds. The zero-order valence-corrected chi connectivity index (χ0v) is 14.2. The Morgan fingerprint density at radius 2 is 2.04 bits per heavy atom. The number of esters is 1. The normalized spacial score (nSPS) is 13.8. The van der Waals surface area contributed by atoms with Crippen LogP contribution in [0.15, 0.2) is 33.6 Å². The fraction of sp³-hybridized carbons (Fsp3) is 0.312. The molecule has 0 unspecified atom stereocenters. The molecule has 0 atom stereocenters. The van der Waals surface area contributed by atoms with Gasteiger partial charge in [0.2, 0.25) is 15.8 Å². The van der Waals surface area contributed by atoms with Crippen molar-refractivity contribution in [1.82, 2.24) is 10.0 Å². The van der Waals surface area contributed by atoms with Gasteiger partial charge >= 0.3 is 5.97 Å². The first kappa shape index (κ1) is 16.7. The number of hydrogen-bond acceptors (Lipinski definition) is 6. The minimum atomic E-state index is -3.79. The predicted molar refractivity (Wildman–Crippen MR) is 85.8 cm³/mol. The number of methoxy groups -OCH3 is 1. The Morgan fingerprint density at radius 3 is 2.79 bits per heavy atom. The molecule has 0 bridgehead atoms. The zero-order chi connectivity index (χ0) is 17.3. The first-order valence-electron chi connectivity index (χ1n) is 7.40. The Bertz CT molecular complexity index is 886. The number of sulfonamides is 1. The minimum absolute atomic E-state index is 0.0641. The lowest BCUT2D eigenvalue weighted by atomic mass is 10.1. The van der Waals surface area contributed by atoms with E-state index in [4.69, 9.17) is 4.42 Å². The zero-order valence-electron chi connectivity index (χ0n) is 13.4. The van der Waals surface area contributed by atoms with Crippen molar-refractivity contribution in [1.29, 1.82) is 0 Å². The standard InChI is InChI=1S/C16H18N2O5S/c1-10-15(6-14(23-10)16(19)22-2)24(20,21)18-7-11-3-4-12-8-17-9-13(12)5-11/h3-6,17-18H,7-9H2,1-2H3. The molecule has 2 aromatic rings. The number of benzene rings is 1. The number of furan rings is 1. The highest BCUT2D eigenvalue weighted by molar-refractivity contribution is 7.89. The highest BCUT2D eigenvalue weighted by Crippen LogP contribution is 2.21. The second-order valence-electron chi connectivity index (χ2n) is 5.55. The topological polar surface area (TPSA) is 97.6 Å². The maximum Gasteiger partial charge on any atom is 0.373 e. The Morgan fingerprint density at radius 1 is 1.29 bits per heavy atom. The van der Waals surface area contributed by atoms with Crippen molar-refractivity contribution < 1.29 is 22.4 Å². The van der Waals surface area contributed by atoms with Gasteiger partial charge in [-0.1, -0.05) is 18.2 Å². The molecular formula is C16H18N2O5S. The molecule has 1 aromatic carbocycles. The quantitative estimate of drug-likeness (QED) is 0.792. The lowest BCUT2D eigenvalue weighted by molar-refractivity contribution is 0.0563. The third kappa shape index (κ3) is 3.21. The molecule has 24 heavy (non-hydrogen) atoms. The summed E-state index contributed by atoms with van der Waals surface area (Å²) in [6.07, 6.45) is 0. The van der Waals surface area contributed by atoms with Gasteiger partial charge in [-0.15, -0.1) is 0 Å². The Hall–Kier alpha value is -2.16. The van der Waals surface area contributed by atoms with Gasteiger partial charge in [0, 0.05) is 25.7 Å². The number of aryl methyl sites for hydroxylation is 1. The van der Waals surface area contributed by atoms with Gasteiger partial charge in [0.15, 0.2) is 0 Å². The summed E-state index contributed by atoms with van der Waals surface area (Å²) < 4.78 is 37.1. The fourth-order valence-electron chi connectivity index (χ4n) is 2.65. The van der Waals surface area contributed by atoms with E-state index in [1.165, 1.54) is 31.2 Å². The summed E-state index contributed by atoms with van der Waals surface area (Å²) in [5.41, 5.74) is 3.28. The van der Waals surface area contributed by atoms with E-state index in [0.29, 0.717) is 0 Å². The number of rotatable bonds is 5. The van der Waals surface area contributed by atoms with Gasteiger partial charge in [-0.25, -0.2) is 17.9 Å². The summed E-state index contributed by atoms with van der Waals surface area (Å²) in [6, 6.07) is 7.06. The van der Waals surface area contributed by atoms with Gasteiger partial charge in [0.05, 0.1) is 7.11 Å². The molecule has 128 valence electrons. The summed E-state index contributed by atoms with van der Waals surface area (Å²) >= 11 is 0. The second-order valence-corrected chi connectivity index (χ2v) is 7.29. The highest BCUT2D eigenvalue weighted by Gasteiger charge is 2.24. The molecule has 0 radical (unpaired) electrons. The summed E-state index contributed by atoms with van der Waals surface area (Å²) in [5.74, 6) is -0.717. The van der Waals surface area contributed by atoms with Crippen molar-refractivity contribution in [2.45, 2.75) is 31.5 Å². The number of carbonyl (C=O) groups excluding carboxylic acids is 1. The fourth-order valence-corrected chi connectivity index (χ4v) is 3.84. The maximum absolute atomic E-state index is 12.4. The number of ether oxygens (including phenoxy) is 1. The molecule has 0 spiro atoms. The Labute approximate surface area is 140 Å². The third-order valence-electron chi connectivity index (χ3n) is 3.92. The predicted octanol–water partition coefficient (Wildman–Crippen LogP) is 1.46. The Kier molecular flexibility index (Phi) is 4.44. The summed E-state index contributed by atoms with van der Waals surface area (Å²) in [5, 5.41) is 3.24.